The van der Waals surface area contributed by atoms with Gasteiger partial charge >= 0.3 is 5.97 Å². The monoisotopic (exact) mass is 234 g/mol. The van der Waals surface area contributed by atoms with Crippen LogP contribution in [-0.4, -0.2) is 16.9 Å². The molecule has 1 aromatic rings. The molecule has 0 aliphatic carbocycles. The van der Waals surface area contributed by atoms with Crippen LogP contribution in [0.1, 0.15) is 43.2 Å². The highest BCUT2D eigenvalue weighted by atomic mass is 16.4. The zero-order valence-electron chi connectivity index (χ0n) is 10.3. The number of aryl methyl sites for hydroxylation is 1. The third-order valence-electron chi connectivity index (χ3n) is 2.95. The van der Waals surface area contributed by atoms with Crippen LogP contribution in [0.5, 0.6) is 0 Å². The molecule has 0 amide bonds. The van der Waals surface area contributed by atoms with E-state index < -0.39 is 5.97 Å². The van der Waals surface area contributed by atoms with E-state index in [4.69, 9.17) is 5.11 Å². The molecular weight excluding hydrogens is 216 g/mol. The van der Waals surface area contributed by atoms with Gasteiger partial charge in [-0.05, 0) is 24.5 Å². The van der Waals surface area contributed by atoms with Crippen molar-refractivity contribution in [1.82, 2.24) is 0 Å². The minimum Gasteiger partial charge on any atom is -0.481 e. The Labute approximate surface area is 101 Å². The van der Waals surface area contributed by atoms with Crippen molar-refractivity contribution >= 4 is 11.8 Å². The number of carbonyl (C=O) groups excluding carboxylic acids is 1. The van der Waals surface area contributed by atoms with Gasteiger partial charge in [-0.1, -0.05) is 31.2 Å². The van der Waals surface area contributed by atoms with Gasteiger partial charge in [-0.3, -0.25) is 9.59 Å². The maximum atomic E-state index is 12.0. The number of Topliss-reactive ketones (excluding diaryl/α,β-unsaturated/α-hetero) is 1. The van der Waals surface area contributed by atoms with Gasteiger partial charge in [0.25, 0.3) is 0 Å². The first-order chi connectivity index (χ1) is 8.06. The molecule has 0 bridgehead atoms. The molecule has 1 rings (SSSR count). The normalized spacial score (nSPS) is 12.1. The molecular formula is C14H18O3. The van der Waals surface area contributed by atoms with Gasteiger partial charge in [0.1, 0.15) is 5.78 Å². The molecule has 0 fully saturated rings. The third-order valence-corrected chi connectivity index (χ3v) is 2.95. The van der Waals surface area contributed by atoms with E-state index in [0.29, 0.717) is 6.42 Å². The molecule has 0 aromatic heterocycles. The average molecular weight is 234 g/mol. The summed E-state index contributed by atoms with van der Waals surface area (Å²) in [6.45, 7) is 3.93. The zero-order valence-corrected chi connectivity index (χ0v) is 10.3. The minimum absolute atomic E-state index is 0.0178. The molecule has 3 heteroatoms. The van der Waals surface area contributed by atoms with E-state index in [-0.39, 0.29) is 24.5 Å². The molecule has 1 unspecified atom stereocenters. The fourth-order valence-corrected chi connectivity index (χ4v) is 2.00. The molecule has 17 heavy (non-hydrogen) atoms. The van der Waals surface area contributed by atoms with E-state index in [2.05, 4.69) is 0 Å². The first kappa shape index (κ1) is 13.4. The maximum Gasteiger partial charge on any atom is 0.303 e. The molecule has 1 aromatic carbocycles. The first-order valence-corrected chi connectivity index (χ1v) is 5.86. The lowest BCUT2D eigenvalue weighted by molar-refractivity contribution is -0.138. The van der Waals surface area contributed by atoms with Gasteiger partial charge in [-0.15, -0.1) is 0 Å². The fraction of sp³-hybridized carbons (Fsp3) is 0.429. The summed E-state index contributed by atoms with van der Waals surface area (Å²) in [6.07, 6.45) is 0.743. The Balaban J connectivity index is 2.81. The number of rotatable bonds is 6. The molecule has 1 atom stereocenters. The number of hydrogen-bond donors (Lipinski definition) is 1. The molecule has 1 N–H and O–H groups in total. The Hall–Kier alpha value is -1.64. The Kier molecular flexibility index (Phi) is 4.88. The van der Waals surface area contributed by atoms with E-state index in [1.807, 2.05) is 38.1 Å². The molecule has 92 valence electrons. The number of carboxylic acids is 1. The lowest BCUT2D eigenvalue weighted by atomic mass is 9.87. The summed E-state index contributed by atoms with van der Waals surface area (Å²) in [6, 6.07) is 7.77. The minimum atomic E-state index is -0.919. The molecule has 3 nitrogen and oxygen atoms in total. The summed E-state index contributed by atoms with van der Waals surface area (Å²) in [7, 11) is 0. The summed E-state index contributed by atoms with van der Waals surface area (Å²) in [5.41, 5.74) is 2.11. The van der Waals surface area contributed by atoms with Gasteiger partial charge in [0.2, 0.25) is 0 Å². The summed E-state index contributed by atoms with van der Waals surface area (Å²) >= 11 is 0. The second-order valence-electron chi connectivity index (χ2n) is 4.18. The van der Waals surface area contributed by atoms with Crippen LogP contribution in [-0.2, 0) is 9.59 Å². The Morgan fingerprint density at radius 1 is 1.24 bits per heavy atom. The average Bonchev–Trinajstić information content (AvgIpc) is 2.30. The summed E-state index contributed by atoms with van der Waals surface area (Å²) in [5.74, 6) is -1.07. The van der Waals surface area contributed by atoms with Crippen molar-refractivity contribution in [3.8, 4) is 0 Å². The smallest absolute Gasteiger partial charge is 0.303 e. The van der Waals surface area contributed by atoms with Crippen LogP contribution < -0.4 is 0 Å². The zero-order chi connectivity index (χ0) is 12.8. The predicted octanol–water partition coefficient (Wildman–Crippen LogP) is 2.92. The molecule has 0 aliphatic heterocycles. The van der Waals surface area contributed by atoms with Crippen molar-refractivity contribution in [3.63, 3.8) is 0 Å². The van der Waals surface area contributed by atoms with Crippen molar-refractivity contribution in [2.75, 3.05) is 0 Å². The van der Waals surface area contributed by atoms with Gasteiger partial charge in [-0.25, -0.2) is 0 Å². The van der Waals surface area contributed by atoms with Crippen molar-refractivity contribution in [3.05, 3.63) is 35.4 Å². The molecule has 0 spiro atoms. The van der Waals surface area contributed by atoms with E-state index in [1.54, 1.807) is 0 Å². The van der Waals surface area contributed by atoms with Gasteiger partial charge in [-0.2, -0.15) is 0 Å². The highest BCUT2D eigenvalue weighted by Crippen LogP contribution is 2.25. The van der Waals surface area contributed by atoms with E-state index >= 15 is 0 Å². The lowest BCUT2D eigenvalue weighted by Gasteiger charge is -2.16. The second-order valence-corrected chi connectivity index (χ2v) is 4.18. The van der Waals surface area contributed by atoms with E-state index in [1.165, 1.54) is 0 Å². The second kappa shape index (κ2) is 6.18. The van der Waals surface area contributed by atoms with Crippen LogP contribution in [0.25, 0.3) is 0 Å². The topological polar surface area (TPSA) is 54.4 Å². The maximum absolute atomic E-state index is 12.0. The number of aliphatic carboxylic acids is 1. The molecule has 0 aliphatic rings. The van der Waals surface area contributed by atoms with Gasteiger partial charge in [0, 0.05) is 12.3 Å². The number of ketones is 1. The van der Waals surface area contributed by atoms with Gasteiger partial charge < -0.3 is 5.11 Å². The Morgan fingerprint density at radius 3 is 2.41 bits per heavy atom. The van der Waals surface area contributed by atoms with Gasteiger partial charge in [0.15, 0.2) is 0 Å². The summed E-state index contributed by atoms with van der Waals surface area (Å²) in [5, 5.41) is 8.59. The highest BCUT2D eigenvalue weighted by Gasteiger charge is 2.20. The molecule has 0 saturated heterocycles. The summed E-state index contributed by atoms with van der Waals surface area (Å²) < 4.78 is 0. The van der Waals surface area contributed by atoms with E-state index in [0.717, 1.165) is 11.1 Å². The predicted molar refractivity (Wildman–Crippen MR) is 66.1 cm³/mol. The van der Waals surface area contributed by atoms with Crippen LogP contribution in [0.2, 0.25) is 0 Å². The van der Waals surface area contributed by atoms with Crippen LogP contribution in [0.15, 0.2) is 24.3 Å². The number of carboxylic acid groups (broad SMARTS) is 1. The SMILES string of the molecule is CCC(C(=O)CCC(=O)O)c1ccccc1C. The van der Waals surface area contributed by atoms with Crippen LogP contribution in [0.3, 0.4) is 0 Å². The van der Waals surface area contributed by atoms with Crippen LogP contribution >= 0.6 is 0 Å². The van der Waals surface area contributed by atoms with Gasteiger partial charge in [0.05, 0.1) is 6.42 Å². The number of hydrogen-bond acceptors (Lipinski definition) is 2. The molecule has 0 radical (unpaired) electrons. The fourth-order valence-electron chi connectivity index (χ4n) is 2.00. The van der Waals surface area contributed by atoms with Crippen LogP contribution in [0.4, 0.5) is 0 Å². The lowest BCUT2D eigenvalue weighted by Crippen LogP contribution is -2.14. The third kappa shape index (κ3) is 3.70. The standard InChI is InChI=1S/C14H18O3/c1-3-11(13(15)8-9-14(16)17)12-7-5-4-6-10(12)2/h4-7,11H,3,8-9H2,1-2H3,(H,16,17). The Bertz CT molecular complexity index is 410. The largest absolute Gasteiger partial charge is 0.481 e. The van der Waals surface area contributed by atoms with E-state index in [9.17, 15) is 9.59 Å². The molecule has 0 saturated carbocycles. The number of benzene rings is 1. The Morgan fingerprint density at radius 2 is 1.88 bits per heavy atom. The highest BCUT2D eigenvalue weighted by molar-refractivity contribution is 5.88. The van der Waals surface area contributed by atoms with Crippen molar-refractivity contribution in [1.29, 1.82) is 0 Å². The summed E-state index contributed by atoms with van der Waals surface area (Å²) in [4.78, 5) is 22.4. The molecule has 0 heterocycles. The van der Waals surface area contributed by atoms with Crippen LogP contribution in [0, 0.1) is 6.92 Å². The first-order valence-electron chi connectivity index (χ1n) is 5.86. The quantitative estimate of drug-likeness (QED) is 0.823. The van der Waals surface area contributed by atoms with Crippen molar-refractivity contribution in [2.24, 2.45) is 0 Å². The number of carbonyl (C=O) groups is 2. The van der Waals surface area contributed by atoms with Crippen molar-refractivity contribution < 1.29 is 14.7 Å². The van der Waals surface area contributed by atoms with Crippen molar-refractivity contribution in [2.45, 2.75) is 39.0 Å².